The predicted molar refractivity (Wildman–Crippen MR) is 91.6 cm³/mol. The van der Waals surface area contributed by atoms with Crippen molar-refractivity contribution in [3.63, 3.8) is 0 Å². The Hall–Kier alpha value is -0.880. The number of amides is 1. The van der Waals surface area contributed by atoms with Crippen molar-refractivity contribution in [1.29, 1.82) is 0 Å². The van der Waals surface area contributed by atoms with Gasteiger partial charge in [0, 0.05) is 19.6 Å². The highest BCUT2D eigenvalue weighted by Crippen LogP contribution is 2.44. The van der Waals surface area contributed by atoms with Gasteiger partial charge in [0.15, 0.2) is 0 Å². The van der Waals surface area contributed by atoms with E-state index in [-0.39, 0.29) is 5.91 Å². The molecule has 116 valence electrons. The first-order valence-electron chi connectivity index (χ1n) is 7.58. The summed E-state index contributed by atoms with van der Waals surface area (Å²) in [7, 11) is 2.12. The summed E-state index contributed by atoms with van der Waals surface area (Å²) < 4.78 is 0. The average molecular weight is 326 g/mol. The molecular weight excluding hydrogens is 302 g/mol. The third-order valence-corrected chi connectivity index (χ3v) is 6.58. The zero-order valence-electron chi connectivity index (χ0n) is 12.6. The lowest BCUT2D eigenvalue weighted by Crippen LogP contribution is -2.29. The molecule has 1 aromatic rings. The number of thioether (sulfide) groups is 1. The highest BCUT2D eigenvalue weighted by atomic mass is 32.2. The van der Waals surface area contributed by atoms with Crippen molar-refractivity contribution in [3.05, 3.63) is 4.88 Å². The largest absolute Gasteiger partial charge is 0.396 e. The molecule has 6 heteroatoms. The van der Waals surface area contributed by atoms with Crippen molar-refractivity contribution in [1.82, 2.24) is 5.32 Å². The van der Waals surface area contributed by atoms with Gasteiger partial charge in [0.1, 0.15) is 9.88 Å². The van der Waals surface area contributed by atoms with Gasteiger partial charge in [-0.05, 0) is 37.9 Å². The zero-order chi connectivity index (χ0) is 15.0. The molecule has 0 atom stereocenters. The van der Waals surface area contributed by atoms with Crippen LogP contribution in [-0.4, -0.2) is 31.8 Å². The van der Waals surface area contributed by atoms with Gasteiger partial charge in [-0.2, -0.15) is 0 Å². The summed E-state index contributed by atoms with van der Waals surface area (Å²) in [6.07, 6.45) is 8.24. The van der Waals surface area contributed by atoms with Crippen LogP contribution in [0.3, 0.4) is 0 Å². The van der Waals surface area contributed by atoms with Crippen molar-refractivity contribution in [3.8, 4) is 0 Å². The summed E-state index contributed by atoms with van der Waals surface area (Å²) in [5.41, 5.74) is 6.88. The number of carbonyl (C=O) groups is 1. The third kappa shape index (κ3) is 3.16. The first-order chi connectivity index (χ1) is 10.1. The number of thiophene rings is 1. The number of carbonyl (C=O) groups excluding carboxylic acids is 1. The Balaban J connectivity index is 1.79. The van der Waals surface area contributed by atoms with Gasteiger partial charge in [0.25, 0.3) is 5.91 Å². The van der Waals surface area contributed by atoms with E-state index in [1.807, 2.05) is 6.26 Å². The SMILES string of the molecule is CSc1c(N(C)CC2CCC2)sc(C(=O)NC2CC2)c1N. The van der Waals surface area contributed by atoms with Gasteiger partial charge in [-0.3, -0.25) is 4.79 Å². The molecule has 0 unspecified atom stereocenters. The number of nitrogen functional groups attached to an aromatic ring is 1. The quantitative estimate of drug-likeness (QED) is 0.789. The van der Waals surface area contributed by atoms with E-state index in [4.69, 9.17) is 5.73 Å². The second-order valence-corrected chi connectivity index (χ2v) is 7.92. The summed E-state index contributed by atoms with van der Waals surface area (Å²) in [5.74, 6) is 0.801. The minimum atomic E-state index is -0.00130. The first-order valence-corrected chi connectivity index (χ1v) is 9.62. The Morgan fingerprint density at radius 3 is 2.67 bits per heavy atom. The minimum absolute atomic E-state index is 0.00130. The second-order valence-electron chi connectivity index (χ2n) is 6.11. The molecule has 2 fully saturated rings. The number of nitrogens with two attached hydrogens (primary N) is 1. The summed E-state index contributed by atoms with van der Waals surface area (Å²) in [5, 5.41) is 4.19. The molecule has 21 heavy (non-hydrogen) atoms. The molecule has 2 aliphatic rings. The van der Waals surface area contributed by atoms with Gasteiger partial charge >= 0.3 is 0 Å². The summed E-state index contributed by atoms with van der Waals surface area (Å²) in [6.45, 7) is 1.07. The van der Waals surface area contributed by atoms with Crippen molar-refractivity contribution in [2.24, 2.45) is 5.92 Å². The van der Waals surface area contributed by atoms with Gasteiger partial charge in [0.2, 0.25) is 0 Å². The fourth-order valence-electron chi connectivity index (χ4n) is 2.66. The number of nitrogens with one attached hydrogen (secondary N) is 1. The van der Waals surface area contributed by atoms with Gasteiger partial charge in [-0.15, -0.1) is 23.1 Å². The van der Waals surface area contributed by atoms with Crippen LogP contribution in [0.4, 0.5) is 10.7 Å². The maximum Gasteiger partial charge on any atom is 0.263 e. The van der Waals surface area contributed by atoms with E-state index < -0.39 is 0 Å². The molecule has 2 saturated carbocycles. The Morgan fingerprint density at radius 2 is 2.14 bits per heavy atom. The molecule has 0 bridgehead atoms. The number of nitrogens with zero attached hydrogens (tertiary/aromatic N) is 1. The van der Waals surface area contributed by atoms with Crippen LogP contribution in [0.15, 0.2) is 4.90 Å². The lowest BCUT2D eigenvalue weighted by Gasteiger charge is -2.31. The van der Waals surface area contributed by atoms with Crippen LogP contribution in [0, 0.1) is 5.92 Å². The molecule has 1 amide bonds. The zero-order valence-corrected chi connectivity index (χ0v) is 14.3. The molecule has 0 spiro atoms. The summed E-state index contributed by atoms with van der Waals surface area (Å²) in [4.78, 5) is 16.3. The molecule has 4 nitrogen and oxygen atoms in total. The topological polar surface area (TPSA) is 58.4 Å². The van der Waals surface area contributed by atoms with E-state index in [2.05, 4.69) is 17.3 Å². The van der Waals surface area contributed by atoms with E-state index in [9.17, 15) is 4.79 Å². The minimum Gasteiger partial charge on any atom is -0.396 e. The lowest BCUT2D eigenvalue weighted by atomic mass is 9.85. The molecule has 2 aliphatic carbocycles. The molecule has 0 saturated heterocycles. The highest BCUT2D eigenvalue weighted by Gasteiger charge is 2.29. The van der Waals surface area contributed by atoms with Crippen LogP contribution < -0.4 is 16.0 Å². The Morgan fingerprint density at radius 1 is 1.43 bits per heavy atom. The van der Waals surface area contributed by atoms with Crippen LogP contribution in [0.5, 0.6) is 0 Å². The van der Waals surface area contributed by atoms with Crippen LogP contribution in [-0.2, 0) is 0 Å². The van der Waals surface area contributed by atoms with E-state index in [1.54, 1.807) is 23.1 Å². The molecule has 0 aliphatic heterocycles. The van der Waals surface area contributed by atoms with Crippen LogP contribution >= 0.6 is 23.1 Å². The second kappa shape index (κ2) is 6.08. The van der Waals surface area contributed by atoms with Gasteiger partial charge in [-0.1, -0.05) is 6.42 Å². The number of hydrogen-bond donors (Lipinski definition) is 2. The Labute approximate surface area is 134 Å². The molecule has 1 heterocycles. The van der Waals surface area contributed by atoms with Crippen molar-refractivity contribution in [2.45, 2.75) is 43.0 Å². The summed E-state index contributed by atoms with van der Waals surface area (Å²) >= 11 is 3.18. The third-order valence-electron chi connectivity index (χ3n) is 4.31. The average Bonchev–Trinajstić information content (AvgIpc) is 3.15. The van der Waals surface area contributed by atoms with Crippen LogP contribution in [0.2, 0.25) is 0 Å². The van der Waals surface area contributed by atoms with Gasteiger partial charge in [-0.25, -0.2) is 0 Å². The van der Waals surface area contributed by atoms with E-state index in [0.717, 1.165) is 35.2 Å². The molecule has 0 radical (unpaired) electrons. The number of anilines is 2. The standard InChI is InChI=1S/C15H23N3OS2/c1-18(8-9-4-3-5-9)15-13(20-2)11(16)12(21-15)14(19)17-10-6-7-10/h9-10H,3-8,16H2,1-2H3,(H,17,19). The molecule has 3 N–H and O–H groups in total. The van der Waals surface area contributed by atoms with Crippen molar-refractivity contribution < 1.29 is 4.79 Å². The maximum atomic E-state index is 12.3. The fourth-order valence-corrected chi connectivity index (χ4v) is 4.74. The predicted octanol–water partition coefficient (Wildman–Crippen LogP) is 3.18. The maximum absolute atomic E-state index is 12.3. The first kappa shape index (κ1) is 15.0. The molecule has 1 aromatic heterocycles. The monoisotopic (exact) mass is 325 g/mol. The fraction of sp³-hybridized carbons (Fsp3) is 0.667. The molecule has 3 rings (SSSR count). The van der Waals surface area contributed by atoms with Gasteiger partial charge in [0.05, 0.1) is 10.6 Å². The smallest absolute Gasteiger partial charge is 0.263 e. The van der Waals surface area contributed by atoms with Crippen LogP contribution in [0.25, 0.3) is 0 Å². The summed E-state index contributed by atoms with van der Waals surface area (Å²) in [6, 6.07) is 0.368. The Kier molecular flexibility index (Phi) is 4.36. The van der Waals surface area contributed by atoms with Gasteiger partial charge < -0.3 is 16.0 Å². The highest BCUT2D eigenvalue weighted by molar-refractivity contribution is 7.99. The van der Waals surface area contributed by atoms with E-state index >= 15 is 0 Å². The normalized spacial score (nSPS) is 18.4. The Bertz CT molecular complexity index is 535. The van der Waals surface area contributed by atoms with E-state index in [0.29, 0.717) is 16.6 Å². The van der Waals surface area contributed by atoms with Crippen molar-refractivity contribution >= 4 is 39.7 Å². The van der Waals surface area contributed by atoms with Crippen molar-refractivity contribution in [2.75, 3.05) is 30.5 Å². The molecule has 0 aromatic carbocycles. The lowest BCUT2D eigenvalue weighted by molar-refractivity contribution is 0.0956. The van der Waals surface area contributed by atoms with Crippen LogP contribution in [0.1, 0.15) is 41.8 Å². The number of rotatable bonds is 6. The number of hydrogen-bond acceptors (Lipinski definition) is 5. The van der Waals surface area contributed by atoms with E-state index in [1.165, 1.54) is 19.3 Å². The molecular formula is C15H23N3OS2.